The van der Waals surface area contributed by atoms with E-state index >= 15 is 0 Å². The summed E-state index contributed by atoms with van der Waals surface area (Å²) in [5, 5.41) is 16.7. The average molecular weight is 203 g/mol. The van der Waals surface area contributed by atoms with Gasteiger partial charge in [-0.05, 0) is 6.16 Å². The van der Waals surface area contributed by atoms with Crippen molar-refractivity contribution in [1.29, 1.82) is 0 Å². The van der Waals surface area contributed by atoms with Crippen LogP contribution in [-0.2, 0) is 16.5 Å². The largest absolute Gasteiger partial charge is 2.00 e. The van der Waals surface area contributed by atoms with Gasteiger partial charge < -0.3 is 15.0 Å². The molecule has 9 nitrogen and oxygen atoms in total. The van der Waals surface area contributed by atoms with Crippen molar-refractivity contribution in [3.8, 4) is 0 Å². The Hall–Kier alpha value is -0.476. The second kappa shape index (κ2) is 109. The summed E-state index contributed by atoms with van der Waals surface area (Å²) in [6.07, 6.45) is -2.33. The summed E-state index contributed by atoms with van der Waals surface area (Å²) in [6, 6.07) is 0. The van der Waals surface area contributed by atoms with Gasteiger partial charge in [0, 0.05) is 36.9 Å². The van der Waals surface area contributed by atoms with E-state index in [0.717, 1.165) is 0 Å². The van der Waals surface area contributed by atoms with Crippen molar-refractivity contribution < 1.29 is 31.5 Å². The van der Waals surface area contributed by atoms with Crippen LogP contribution >= 0.6 is 0 Å². The van der Waals surface area contributed by atoms with Crippen LogP contribution in [0.15, 0.2) is 0 Å². The zero-order chi connectivity index (χ0) is 3.58. The predicted octanol–water partition coefficient (Wildman–Crippen LogP) is -5.33. The van der Waals surface area contributed by atoms with Gasteiger partial charge in [0.05, 0.1) is 0 Å². The average Bonchev–Trinajstić information content (AvgIpc) is 0.811. The Kier molecular flexibility index (Phi) is 1480. The summed E-state index contributed by atoms with van der Waals surface area (Å²) in [4.78, 5) is 8.33. The molecule has 0 saturated heterocycles. The summed E-state index contributed by atoms with van der Waals surface area (Å²) >= 11 is 0. The van der Waals surface area contributed by atoms with E-state index < -0.39 is 6.16 Å². The summed E-state index contributed by atoms with van der Waals surface area (Å²) in [5.74, 6) is 0. The quantitative estimate of drug-likeness (QED) is 0.349. The molecule has 0 aliphatic carbocycles. The third kappa shape index (κ3) is 2370. The fourth-order valence-corrected chi connectivity index (χ4v) is 0. The van der Waals surface area contributed by atoms with E-state index in [1.165, 1.54) is 0 Å². The van der Waals surface area contributed by atoms with Gasteiger partial charge in [-0.15, -0.1) is 0 Å². The van der Waals surface area contributed by atoms with Crippen molar-refractivity contribution in [3.05, 3.63) is 0 Å². The smallest absolute Gasteiger partial charge is 0.652 e. The van der Waals surface area contributed by atoms with E-state index in [0.29, 0.717) is 0 Å². The summed E-state index contributed by atoms with van der Waals surface area (Å²) < 4.78 is 0. The maximum Gasteiger partial charge on any atom is 2.00 e. The Morgan fingerprint density at radius 2 is 0.727 bits per heavy atom. The molecule has 0 spiro atoms. The molecule has 62 valence electrons. The van der Waals surface area contributed by atoms with Crippen LogP contribution in [0.1, 0.15) is 0 Å². The molecule has 11 heavy (non-hydrogen) atoms. The van der Waals surface area contributed by atoms with Gasteiger partial charge in [-0.1, -0.05) is 0 Å². The number of rotatable bonds is 0. The van der Waals surface area contributed by atoms with Crippen molar-refractivity contribution in [3.63, 3.8) is 0 Å². The standard InChI is InChI=1S/CH2O3.6N.Ni/c2-1(3)4;;;;;;;/h(H2,2,3,4);;;;;;;/q;;;;;;;+2/p-2. The maximum absolute atomic E-state index is 8.33. The first-order valence-corrected chi connectivity index (χ1v) is 0.612. The van der Waals surface area contributed by atoms with Crippen molar-refractivity contribution in [2.24, 2.45) is 0 Å². The number of carbonyl (C=O) groups excluding carboxylic acids is 1. The molecule has 0 aromatic carbocycles. The van der Waals surface area contributed by atoms with Gasteiger partial charge in [-0.2, -0.15) is 0 Å². The molecule has 0 aromatic heterocycles. The SMILES string of the molecule is O=C([O-])[O-].[N].[N].[N].[N].[N].[N].[Ni+2]. The van der Waals surface area contributed by atoms with Crippen LogP contribution < -0.4 is 47.1 Å². The number of hydrogen-bond acceptors (Lipinski definition) is 3. The minimum Gasteiger partial charge on any atom is -0.652 e. The molecule has 0 N–H and O–H groups in total. The van der Waals surface area contributed by atoms with E-state index in [-0.39, 0.29) is 53.4 Å². The van der Waals surface area contributed by atoms with Gasteiger partial charge in [0.2, 0.25) is 0 Å². The molecule has 10 heteroatoms. The Morgan fingerprint density at radius 1 is 0.727 bits per heavy atom. The minimum absolute atomic E-state index is 0. The van der Waals surface area contributed by atoms with Crippen LogP contribution in [0, 0.1) is 0 Å². The van der Waals surface area contributed by atoms with Crippen molar-refractivity contribution >= 4 is 6.16 Å². The van der Waals surface area contributed by atoms with Crippen LogP contribution in [0.2, 0.25) is 0 Å². The number of carbonyl (C=O) groups is 1. The van der Waals surface area contributed by atoms with E-state index in [1.54, 1.807) is 0 Å². The van der Waals surface area contributed by atoms with Crippen molar-refractivity contribution in [2.75, 3.05) is 0 Å². The first-order chi connectivity index (χ1) is 1.73. The van der Waals surface area contributed by atoms with Gasteiger partial charge in [0.25, 0.3) is 0 Å². The second-order valence-corrected chi connectivity index (χ2v) is 0.250. The van der Waals surface area contributed by atoms with Crippen LogP contribution in [0.3, 0.4) is 0 Å². The first kappa shape index (κ1) is 150. The summed E-state index contributed by atoms with van der Waals surface area (Å²) in [5.41, 5.74) is 0. The Labute approximate surface area is 75.4 Å². The minimum atomic E-state index is -2.33. The van der Waals surface area contributed by atoms with Crippen LogP contribution in [0.5, 0.6) is 0 Å². The Bertz CT molecular complexity index is 40.8. The molecule has 0 heterocycles. The normalized spacial score (nSPS) is 2.18. The van der Waals surface area contributed by atoms with Crippen LogP contribution in [0.4, 0.5) is 4.79 Å². The summed E-state index contributed by atoms with van der Waals surface area (Å²) in [6.45, 7) is 0. The number of nitrogens with zero attached hydrogens (tertiary/aromatic N) is 6. The molecule has 0 unspecified atom stereocenters. The molecule has 0 atom stereocenters. The molecule has 0 amide bonds. The molecule has 0 aliphatic heterocycles. The number of hydrogen-bond donors (Lipinski definition) is 0. The molecule has 0 fully saturated rings. The van der Waals surface area contributed by atoms with Gasteiger partial charge >= 0.3 is 16.5 Å². The first-order valence-electron chi connectivity index (χ1n) is 0.612. The van der Waals surface area contributed by atoms with Gasteiger partial charge in [0.15, 0.2) is 0 Å². The monoisotopic (exact) mass is 202 g/mol. The molecular formula is CN6NiO3. The van der Waals surface area contributed by atoms with E-state index in [4.69, 9.17) is 15.0 Å². The van der Waals surface area contributed by atoms with Crippen LogP contribution in [-0.4, -0.2) is 6.16 Å². The molecule has 0 saturated carbocycles. The van der Waals surface area contributed by atoms with E-state index in [2.05, 4.69) is 0 Å². The fourth-order valence-electron chi connectivity index (χ4n) is 0. The molecule has 0 bridgehead atoms. The van der Waals surface area contributed by atoms with Crippen molar-refractivity contribution in [2.45, 2.75) is 0 Å². The van der Waals surface area contributed by atoms with Gasteiger partial charge in [0.1, 0.15) is 0 Å². The second-order valence-electron chi connectivity index (χ2n) is 0.250. The third-order valence-electron chi connectivity index (χ3n) is 0. The van der Waals surface area contributed by atoms with E-state index in [9.17, 15) is 0 Å². The molecule has 18 radical (unpaired) electrons. The van der Waals surface area contributed by atoms with E-state index in [1.807, 2.05) is 0 Å². The fraction of sp³-hybridized carbons (Fsp3) is 0. The Morgan fingerprint density at radius 3 is 0.727 bits per heavy atom. The molecular weight excluding hydrogens is 203 g/mol. The van der Waals surface area contributed by atoms with Crippen molar-refractivity contribution in [1.82, 2.24) is 36.9 Å². The zero-order valence-corrected chi connectivity index (χ0v) is 5.71. The Balaban J connectivity index is -0.00000000214. The van der Waals surface area contributed by atoms with Gasteiger partial charge in [-0.25, -0.2) is 0 Å². The maximum atomic E-state index is 8.33. The summed E-state index contributed by atoms with van der Waals surface area (Å²) in [7, 11) is 0. The molecule has 0 aliphatic rings. The third-order valence-corrected chi connectivity index (χ3v) is 0. The van der Waals surface area contributed by atoms with Gasteiger partial charge in [-0.3, -0.25) is 0 Å². The zero-order valence-electron chi connectivity index (χ0n) is 4.72. The van der Waals surface area contributed by atoms with Crippen LogP contribution in [0.25, 0.3) is 0 Å². The molecule has 0 aromatic rings. The topological polar surface area (TPSA) is 246 Å². The number of carboxylic acid groups (broad SMARTS) is 2. The molecule has 0 rings (SSSR count). The predicted molar refractivity (Wildman–Crippen MR) is 18.2 cm³/mol.